The Hall–Kier alpha value is -2.37. The summed E-state index contributed by atoms with van der Waals surface area (Å²) in [7, 11) is 3.71. The normalized spacial score (nSPS) is 19.9. The van der Waals surface area contributed by atoms with Crippen LogP contribution in [0.15, 0.2) is 23.4 Å². The molecular formula is C19H24N4O2. The number of aryl methyl sites for hydroxylation is 2. The van der Waals surface area contributed by atoms with Crippen molar-refractivity contribution in [3.8, 4) is 0 Å². The van der Waals surface area contributed by atoms with E-state index in [0.717, 1.165) is 62.0 Å². The number of carbonyl (C=O) groups excluding carboxylic acids is 1. The van der Waals surface area contributed by atoms with Gasteiger partial charge in [-0.05, 0) is 44.1 Å². The number of hydrogen-bond acceptors (Lipinski definition) is 3. The van der Waals surface area contributed by atoms with Crippen LogP contribution in [0.1, 0.15) is 59.0 Å². The molecule has 6 heteroatoms. The Labute approximate surface area is 147 Å². The molecule has 0 bridgehead atoms. The number of aromatic nitrogens is 3. The molecule has 0 radical (unpaired) electrons. The first-order valence-electron chi connectivity index (χ1n) is 9.07. The van der Waals surface area contributed by atoms with E-state index in [0.29, 0.717) is 5.56 Å². The molecule has 1 atom stereocenters. The van der Waals surface area contributed by atoms with Gasteiger partial charge in [0.05, 0.1) is 11.6 Å². The van der Waals surface area contributed by atoms with Crippen LogP contribution in [0, 0.1) is 0 Å². The van der Waals surface area contributed by atoms with Crippen molar-refractivity contribution in [2.45, 2.75) is 44.6 Å². The molecule has 2 aromatic heterocycles. The van der Waals surface area contributed by atoms with Gasteiger partial charge in [-0.15, -0.1) is 0 Å². The fourth-order valence-corrected chi connectivity index (χ4v) is 4.30. The Balaban J connectivity index is 1.75. The third-order valence-corrected chi connectivity index (χ3v) is 5.59. The standard InChI is InChI=1S/C19H24N4O2/c1-21-11-9-20-17(21)16-8-5-10-23(16)19(25)15-12-22(2)18(24)14-7-4-3-6-13(14)15/h9,11-12,16H,3-8,10H2,1-2H3. The van der Waals surface area contributed by atoms with Crippen LogP contribution >= 0.6 is 0 Å². The highest BCUT2D eigenvalue weighted by Gasteiger charge is 2.34. The van der Waals surface area contributed by atoms with Crippen molar-refractivity contribution in [3.63, 3.8) is 0 Å². The van der Waals surface area contributed by atoms with E-state index < -0.39 is 0 Å². The van der Waals surface area contributed by atoms with Gasteiger partial charge in [-0.3, -0.25) is 9.59 Å². The van der Waals surface area contributed by atoms with Crippen LogP contribution in [-0.2, 0) is 26.9 Å². The number of nitrogens with zero attached hydrogens (tertiary/aromatic N) is 4. The Morgan fingerprint density at radius 1 is 1.12 bits per heavy atom. The lowest BCUT2D eigenvalue weighted by atomic mass is 9.89. The summed E-state index contributed by atoms with van der Waals surface area (Å²) in [5.74, 6) is 0.976. The van der Waals surface area contributed by atoms with Gasteiger partial charge in [0, 0.05) is 44.8 Å². The van der Waals surface area contributed by atoms with Gasteiger partial charge in [0.2, 0.25) is 0 Å². The van der Waals surface area contributed by atoms with Gasteiger partial charge in [0.1, 0.15) is 5.82 Å². The molecule has 6 nitrogen and oxygen atoms in total. The van der Waals surface area contributed by atoms with Gasteiger partial charge < -0.3 is 14.0 Å². The summed E-state index contributed by atoms with van der Waals surface area (Å²) in [6.45, 7) is 0.744. The first kappa shape index (κ1) is 16.1. The fraction of sp³-hybridized carbons (Fsp3) is 0.526. The monoisotopic (exact) mass is 340 g/mol. The van der Waals surface area contributed by atoms with Crippen LogP contribution in [0.25, 0.3) is 0 Å². The average Bonchev–Trinajstić information content (AvgIpc) is 3.26. The summed E-state index contributed by atoms with van der Waals surface area (Å²) in [5.41, 5.74) is 2.57. The number of likely N-dealkylation sites (tertiary alicyclic amines) is 1. The average molecular weight is 340 g/mol. The number of carbonyl (C=O) groups is 1. The van der Waals surface area contributed by atoms with Crippen molar-refractivity contribution >= 4 is 5.91 Å². The van der Waals surface area contributed by atoms with E-state index in [-0.39, 0.29) is 17.5 Å². The van der Waals surface area contributed by atoms with E-state index in [1.807, 2.05) is 22.7 Å². The fourth-order valence-electron chi connectivity index (χ4n) is 4.30. The maximum Gasteiger partial charge on any atom is 0.256 e. The number of amides is 1. The largest absolute Gasteiger partial charge is 0.336 e. The molecule has 1 fully saturated rings. The third-order valence-electron chi connectivity index (χ3n) is 5.59. The molecule has 0 N–H and O–H groups in total. The molecule has 1 aliphatic carbocycles. The summed E-state index contributed by atoms with van der Waals surface area (Å²) in [6, 6.07) is 0.0176. The van der Waals surface area contributed by atoms with Crippen LogP contribution in [0.2, 0.25) is 0 Å². The summed E-state index contributed by atoms with van der Waals surface area (Å²) >= 11 is 0. The molecule has 2 aliphatic rings. The molecule has 1 saturated heterocycles. The predicted octanol–water partition coefficient (Wildman–Crippen LogP) is 1.97. The quantitative estimate of drug-likeness (QED) is 0.840. The molecule has 0 spiro atoms. The zero-order chi connectivity index (χ0) is 17.6. The first-order valence-corrected chi connectivity index (χ1v) is 9.07. The van der Waals surface area contributed by atoms with Gasteiger partial charge in [-0.2, -0.15) is 0 Å². The molecule has 1 aliphatic heterocycles. The number of rotatable bonds is 2. The molecule has 25 heavy (non-hydrogen) atoms. The van der Waals surface area contributed by atoms with E-state index in [1.54, 1.807) is 24.0 Å². The van der Waals surface area contributed by atoms with Gasteiger partial charge in [-0.1, -0.05) is 0 Å². The molecule has 4 rings (SSSR count). The zero-order valence-corrected chi connectivity index (χ0v) is 14.9. The maximum absolute atomic E-state index is 13.4. The van der Waals surface area contributed by atoms with E-state index in [1.165, 1.54) is 0 Å². The van der Waals surface area contributed by atoms with Crippen molar-refractivity contribution in [1.29, 1.82) is 0 Å². The molecule has 0 aromatic carbocycles. The molecule has 2 aromatic rings. The summed E-state index contributed by atoms with van der Waals surface area (Å²) in [5, 5.41) is 0. The minimum atomic E-state index is 0.0176. The molecular weight excluding hydrogens is 316 g/mol. The Kier molecular flexibility index (Phi) is 3.98. The lowest BCUT2D eigenvalue weighted by molar-refractivity contribution is 0.0725. The Morgan fingerprint density at radius 2 is 1.88 bits per heavy atom. The summed E-state index contributed by atoms with van der Waals surface area (Å²) in [6.07, 6.45) is 11.0. The SMILES string of the molecule is Cn1ccnc1C1CCCN1C(=O)c1cn(C)c(=O)c2c1CCCC2. The van der Waals surface area contributed by atoms with Crippen molar-refractivity contribution in [3.05, 3.63) is 51.5 Å². The van der Waals surface area contributed by atoms with Crippen molar-refractivity contribution in [2.24, 2.45) is 14.1 Å². The Bertz CT molecular complexity index is 880. The molecule has 1 unspecified atom stereocenters. The van der Waals surface area contributed by atoms with Gasteiger partial charge >= 0.3 is 0 Å². The topological polar surface area (TPSA) is 60.1 Å². The molecule has 3 heterocycles. The number of pyridine rings is 1. The lowest BCUT2D eigenvalue weighted by Gasteiger charge is -2.27. The number of fused-ring (bicyclic) bond motifs is 1. The maximum atomic E-state index is 13.4. The Morgan fingerprint density at radius 3 is 2.60 bits per heavy atom. The van der Waals surface area contributed by atoms with Crippen LogP contribution < -0.4 is 5.56 Å². The van der Waals surface area contributed by atoms with E-state index >= 15 is 0 Å². The summed E-state index contributed by atoms with van der Waals surface area (Å²) in [4.78, 5) is 32.2. The molecule has 0 saturated carbocycles. The third kappa shape index (κ3) is 2.60. The summed E-state index contributed by atoms with van der Waals surface area (Å²) < 4.78 is 3.57. The smallest absolute Gasteiger partial charge is 0.256 e. The molecule has 1 amide bonds. The highest BCUT2D eigenvalue weighted by molar-refractivity contribution is 5.96. The number of imidazole rings is 1. The van der Waals surface area contributed by atoms with E-state index in [9.17, 15) is 9.59 Å². The second-order valence-corrected chi connectivity index (χ2v) is 7.18. The van der Waals surface area contributed by atoms with Crippen LogP contribution in [0.3, 0.4) is 0 Å². The minimum Gasteiger partial charge on any atom is -0.336 e. The van der Waals surface area contributed by atoms with E-state index in [2.05, 4.69) is 4.98 Å². The van der Waals surface area contributed by atoms with Crippen LogP contribution in [-0.4, -0.2) is 31.5 Å². The predicted molar refractivity (Wildman–Crippen MR) is 94.5 cm³/mol. The van der Waals surface area contributed by atoms with Crippen molar-refractivity contribution in [2.75, 3.05) is 6.54 Å². The van der Waals surface area contributed by atoms with Gasteiger partial charge in [0.15, 0.2) is 0 Å². The molecule has 132 valence electrons. The second kappa shape index (κ2) is 6.17. The van der Waals surface area contributed by atoms with Crippen LogP contribution in [0.4, 0.5) is 0 Å². The second-order valence-electron chi connectivity index (χ2n) is 7.18. The number of hydrogen-bond donors (Lipinski definition) is 0. The van der Waals surface area contributed by atoms with Gasteiger partial charge in [-0.25, -0.2) is 4.98 Å². The van der Waals surface area contributed by atoms with E-state index in [4.69, 9.17) is 0 Å². The highest BCUT2D eigenvalue weighted by atomic mass is 16.2. The zero-order valence-electron chi connectivity index (χ0n) is 14.9. The minimum absolute atomic E-state index is 0.0176. The highest BCUT2D eigenvalue weighted by Crippen LogP contribution is 2.33. The van der Waals surface area contributed by atoms with Crippen molar-refractivity contribution in [1.82, 2.24) is 19.0 Å². The van der Waals surface area contributed by atoms with Crippen molar-refractivity contribution < 1.29 is 4.79 Å². The first-order chi connectivity index (χ1) is 12.1. The van der Waals surface area contributed by atoms with Gasteiger partial charge in [0.25, 0.3) is 11.5 Å². The van der Waals surface area contributed by atoms with Crippen LogP contribution in [0.5, 0.6) is 0 Å². The lowest BCUT2D eigenvalue weighted by Crippen LogP contribution is -2.35.